The van der Waals surface area contributed by atoms with Crippen LogP contribution in [0.15, 0.2) is 0 Å². The van der Waals surface area contributed by atoms with Gasteiger partial charge in [0.25, 0.3) is 0 Å². The summed E-state index contributed by atoms with van der Waals surface area (Å²) in [6.45, 7) is 10.1. The van der Waals surface area contributed by atoms with Crippen molar-refractivity contribution in [3.63, 3.8) is 0 Å². The van der Waals surface area contributed by atoms with Crippen molar-refractivity contribution in [2.75, 3.05) is 0 Å². The molecule has 4 saturated carbocycles. The number of nitrogens with one attached hydrogen (secondary N) is 1. The highest BCUT2D eigenvalue weighted by atomic mass is 16.7. The van der Waals surface area contributed by atoms with Crippen LogP contribution >= 0.6 is 0 Å². The van der Waals surface area contributed by atoms with Crippen LogP contribution < -0.4 is 5.32 Å². The molecule has 5 rings (SSSR count). The molecule has 212 valence electrons. The van der Waals surface area contributed by atoms with E-state index in [1.165, 1.54) is 0 Å². The normalized spacial score (nSPS) is 54.5. The van der Waals surface area contributed by atoms with E-state index in [4.69, 9.17) is 9.47 Å². The summed E-state index contributed by atoms with van der Waals surface area (Å²) < 4.78 is 11.9. The summed E-state index contributed by atoms with van der Waals surface area (Å²) in [4.78, 5) is 11.8. The van der Waals surface area contributed by atoms with Gasteiger partial charge in [0.2, 0.25) is 5.91 Å². The Kier molecular flexibility index (Phi) is 7.28. The molecule has 0 unspecified atom stereocenters. The van der Waals surface area contributed by atoms with Crippen molar-refractivity contribution in [3.8, 4) is 0 Å². The number of ether oxygens (including phenoxy) is 2. The second kappa shape index (κ2) is 9.70. The number of carbonyl (C=O) groups excluding carboxylic acids is 1. The number of hydrogen-bond acceptors (Lipinski definition) is 7. The number of rotatable bonds is 4. The number of amides is 1. The van der Waals surface area contributed by atoms with Crippen LogP contribution in [-0.2, 0) is 14.3 Å². The fourth-order valence-electron chi connectivity index (χ4n) is 9.89. The highest BCUT2D eigenvalue weighted by molar-refractivity contribution is 5.73. The van der Waals surface area contributed by atoms with Gasteiger partial charge in [0.15, 0.2) is 6.29 Å². The monoisotopic (exact) mass is 523 g/mol. The number of carbonyl (C=O) groups is 1. The Morgan fingerprint density at radius 2 is 1.70 bits per heavy atom. The Bertz CT molecular complexity index is 871. The summed E-state index contributed by atoms with van der Waals surface area (Å²) in [6, 6.07) is 0.0623. The molecule has 0 aromatic heterocycles. The van der Waals surface area contributed by atoms with Crippen molar-refractivity contribution >= 4 is 5.91 Å². The smallest absolute Gasteiger partial charge is 0.217 e. The maximum atomic E-state index is 12.4. The van der Waals surface area contributed by atoms with E-state index in [9.17, 15) is 25.2 Å². The molecule has 0 spiro atoms. The molecule has 14 atom stereocenters. The van der Waals surface area contributed by atoms with E-state index < -0.39 is 36.3 Å². The van der Waals surface area contributed by atoms with Gasteiger partial charge in [-0.3, -0.25) is 4.79 Å². The summed E-state index contributed by atoms with van der Waals surface area (Å²) in [7, 11) is 0. The largest absolute Gasteiger partial charge is 0.389 e. The quantitative estimate of drug-likeness (QED) is 0.358. The van der Waals surface area contributed by atoms with Gasteiger partial charge in [-0.05, 0) is 101 Å². The number of aliphatic hydroxyl groups excluding tert-OH is 3. The Morgan fingerprint density at radius 3 is 2.41 bits per heavy atom. The van der Waals surface area contributed by atoms with Crippen LogP contribution in [0.25, 0.3) is 0 Å². The molecular weight excluding hydrogens is 474 g/mol. The maximum absolute atomic E-state index is 12.4. The summed E-state index contributed by atoms with van der Waals surface area (Å²) in [5.74, 6) is 1.51. The molecule has 0 aromatic carbocycles. The first-order chi connectivity index (χ1) is 17.3. The van der Waals surface area contributed by atoms with Crippen molar-refractivity contribution < 1.29 is 34.7 Å². The van der Waals surface area contributed by atoms with Gasteiger partial charge in [-0.2, -0.15) is 0 Å². The van der Waals surface area contributed by atoms with Crippen molar-refractivity contribution in [1.29, 1.82) is 0 Å². The lowest BCUT2D eigenvalue weighted by atomic mass is 9.43. The third-order valence-corrected chi connectivity index (χ3v) is 12.0. The fraction of sp³-hybridized carbons (Fsp3) is 0.966. The van der Waals surface area contributed by atoms with Gasteiger partial charge in [-0.15, -0.1) is 0 Å². The summed E-state index contributed by atoms with van der Waals surface area (Å²) in [5.41, 5.74) is -0.742. The molecule has 1 saturated heterocycles. The van der Waals surface area contributed by atoms with Crippen LogP contribution in [0.4, 0.5) is 0 Å². The molecule has 0 radical (unpaired) electrons. The van der Waals surface area contributed by atoms with Gasteiger partial charge >= 0.3 is 0 Å². The molecule has 5 aliphatic rings. The molecule has 1 amide bonds. The van der Waals surface area contributed by atoms with Crippen molar-refractivity contribution in [2.45, 2.75) is 141 Å². The molecule has 1 aliphatic heterocycles. The summed E-state index contributed by atoms with van der Waals surface area (Å²) >= 11 is 0. The SMILES string of the molecule is CC(=O)N[C@H](C)[C@H]1CC[C@]2(O)[C@@H]3CC[C@@H]4C[C@@H](O[C@@H]5O[C@@H](C)[C@H](O)[C@@H](O)[C@H]5O)CC[C@]4(C)[C@H]3CC[C@]12C. The highest BCUT2D eigenvalue weighted by Crippen LogP contribution is 2.69. The average Bonchev–Trinajstić information content (AvgIpc) is 3.12. The lowest BCUT2D eigenvalue weighted by Gasteiger charge is -2.64. The van der Waals surface area contributed by atoms with E-state index in [0.717, 1.165) is 57.8 Å². The Labute approximate surface area is 221 Å². The third-order valence-electron chi connectivity index (χ3n) is 12.0. The lowest BCUT2D eigenvalue weighted by molar-refractivity contribution is -0.310. The summed E-state index contributed by atoms with van der Waals surface area (Å²) in [5, 5.41) is 46.1. The van der Waals surface area contributed by atoms with Crippen LogP contribution in [0.5, 0.6) is 0 Å². The van der Waals surface area contributed by atoms with E-state index in [1.54, 1.807) is 13.8 Å². The van der Waals surface area contributed by atoms with Gasteiger partial charge < -0.3 is 35.2 Å². The van der Waals surface area contributed by atoms with Gasteiger partial charge in [0.1, 0.15) is 18.3 Å². The first-order valence-corrected chi connectivity index (χ1v) is 14.7. The molecule has 8 heteroatoms. The minimum atomic E-state index is -1.28. The van der Waals surface area contributed by atoms with Crippen LogP contribution in [0.3, 0.4) is 0 Å². The third kappa shape index (κ3) is 4.29. The molecular formula is C29H49NO7. The zero-order valence-corrected chi connectivity index (χ0v) is 23.2. The van der Waals surface area contributed by atoms with Gasteiger partial charge in [0, 0.05) is 18.4 Å². The van der Waals surface area contributed by atoms with E-state index in [2.05, 4.69) is 26.1 Å². The predicted octanol–water partition coefficient (Wildman–Crippen LogP) is 2.50. The Morgan fingerprint density at radius 1 is 0.973 bits per heavy atom. The molecule has 5 fully saturated rings. The number of hydrogen-bond donors (Lipinski definition) is 5. The van der Waals surface area contributed by atoms with Gasteiger partial charge in [-0.25, -0.2) is 0 Å². The highest BCUT2D eigenvalue weighted by Gasteiger charge is 2.67. The number of aliphatic hydroxyl groups is 4. The molecule has 37 heavy (non-hydrogen) atoms. The van der Waals surface area contributed by atoms with Crippen molar-refractivity contribution in [1.82, 2.24) is 5.32 Å². The molecule has 1 heterocycles. The first kappa shape index (κ1) is 27.8. The number of fused-ring (bicyclic) bond motifs is 5. The second-order valence-corrected chi connectivity index (χ2v) is 13.7. The van der Waals surface area contributed by atoms with Crippen LogP contribution in [0.1, 0.15) is 92.4 Å². The minimum absolute atomic E-state index is 0.00138. The molecule has 5 N–H and O–H groups in total. The van der Waals surface area contributed by atoms with Crippen LogP contribution in [0, 0.1) is 34.5 Å². The Balaban J connectivity index is 1.28. The molecule has 4 aliphatic carbocycles. The average molecular weight is 524 g/mol. The van der Waals surface area contributed by atoms with Crippen molar-refractivity contribution in [2.24, 2.45) is 34.5 Å². The maximum Gasteiger partial charge on any atom is 0.217 e. The predicted molar refractivity (Wildman–Crippen MR) is 137 cm³/mol. The first-order valence-electron chi connectivity index (χ1n) is 14.7. The fourth-order valence-corrected chi connectivity index (χ4v) is 9.89. The van der Waals surface area contributed by atoms with Crippen LogP contribution in [-0.4, -0.2) is 74.8 Å². The lowest BCUT2D eigenvalue weighted by Crippen LogP contribution is -2.63. The Hall–Kier alpha value is -0.770. The van der Waals surface area contributed by atoms with Gasteiger partial charge in [0.05, 0.1) is 17.8 Å². The van der Waals surface area contributed by atoms with Crippen LogP contribution in [0.2, 0.25) is 0 Å². The summed E-state index contributed by atoms with van der Waals surface area (Å²) in [6.07, 6.45) is 3.40. The van der Waals surface area contributed by atoms with E-state index >= 15 is 0 Å². The van der Waals surface area contributed by atoms with Crippen molar-refractivity contribution in [3.05, 3.63) is 0 Å². The zero-order valence-electron chi connectivity index (χ0n) is 23.2. The molecule has 8 nitrogen and oxygen atoms in total. The van der Waals surface area contributed by atoms with E-state index in [1.807, 2.05) is 0 Å². The molecule has 0 bridgehead atoms. The topological polar surface area (TPSA) is 128 Å². The molecule has 0 aromatic rings. The van der Waals surface area contributed by atoms with E-state index in [-0.39, 0.29) is 40.7 Å². The second-order valence-electron chi connectivity index (χ2n) is 13.7. The van der Waals surface area contributed by atoms with E-state index in [0.29, 0.717) is 11.8 Å². The van der Waals surface area contributed by atoms with Gasteiger partial charge in [-0.1, -0.05) is 13.8 Å². The standard InChI is InChI=1S/C29H49NO7/c1-15(30-17(3)31)20-10-13-29(35)22-7-6-18-14-19(37-26-25(34)24(33)23(32)16(2)36-26)8-11-27(18,4)21(22)9-12-28(20,29)5/h15-16,18-26,32-35H,6-14H2,1-5H3,(H,30,31)/t15-,16+,18-,19+,20-,21+,22-,23+,24-,25-,26+,27+,28-,29+/m1/s1. The zero-order chi connectivity index (χ0) is 26.9. The minimum Gasteiger partial charge on any atom is -0.389 e.